The molecule has 3 atom stereocenters. The molecule has 0 aromatic carbocycles. The minimum Gasteiger partial charge on any atom is -0.355 e. The monoisotopic (exact) mass is 239 g/mol. The van der Waals surface area contributed by atoms with E-state index in [-0.39, 0.29) is 17.5 Å². The minimum atomic E-state index is -0.0180. The van der Waals surface area contributed by atoms with Crippen LogP contribution in [0.15, 0.2) is 0 Å². The molecule has 2 N–H and O–H groups in total. The summed E-state index contributed by atoms with van der Waals surface area (Å²) in [6.45, 7) is 12.5. The number of likely N-dealkylation sites (tertiary alicyclic amines) is 1. The number of rotatable bonds is 3. The van der Waals surface area contributed by atoms with Crippen LogP contribution in [-0.2, 0) is 4.79 Å². The van der Waals surface area contributed by atoms with Crippen molar-refractivity contribution in [3.8, 4) is 0 Å². The van der Waals surface area contributed by atoms with Crippen molar-refractivity contribution >= 4 is 5.91 Å². The van der Waals surface area contributed by atoms with E-state index < -0.39 is 0 Å². The van der Waals surface area contributed by atoms with Crippen LogP contribution >= 0.6 is 0 Å². The van der Waals surface area contributed by atoms with Crippen LogP contribution in [0.2, 0.25) is 0 Å². The highest BCUT2D eigenvalue weighted by Gasteiger charge is 2.51. The van der Waals surface area contributed by atoms with Crippen molar-refractivity contribution < 1.29 is 4.79 Å². The van der Waals surface area contributed by atoms with E-state index in [4.69, 9.17) is 0 Å². The van der Waals surface area contributed by atoms with Gasteiger partial charge in [0.1, 0.15) is 0 Å². The van der Waals surface area contributed by atoms with Gasteiger partial charge in [0, 0.05) is 25.2 Å². The summed E-state index contributed by atoms with van der Waals surface area (Å²) in [5.41, 5.74) is 0.124. The van der Waals surface area contributed by atoms with E-state index in [1.54, 1.807) is 0 Å². The average Bonchev–Trinajstić information content (AvgIpc) is 2.81. The SMILES string of the molecule is CCNC(=O)C(C)N1CC2CNCC2C1(C)C. The first-order valence-electron chi connectivity index (χ1n) is 6.73. The summed E-state index contributed by atoms with van der Waals surface area (Å²) in [5.74, 6) is 1.55. The van der Waals surface area contributed by atoms with Crippen molar-refractivity contribution in [1.29, 1.82) is 0 Å². The quantitative estimate of drug-likeness (QED) is 0.751. The van der Waals surface area contributed by atoms with Gasteiger partial charge in [0.25, 0.3) is 0 Å². The zero-order valence-electron chi connectivity index (χ0n) is 11.4. The highest BCUT2D eigenvalue weighted by Crippen LogP contribution is 2.41. The molecule has 0 aromatic heterocycles. The van der Waals surface area contributed by atoms with E-state index >= 15 is 0 Å². The molecule has 2 aliphatic rings. The van der Waals surface area contributed by atoms with E-state index in [0.717, 1.165) is 19.6 Å². The van der Waals surface area contributed by atoms with Gasteiger partial charge >= 0.3 is 0 Å². The maximum absolute atomic E-state index is 12.0. The molecule has 3 unspecified atom stereocenters. The van der Waals surface area contributed by atoms with Crippen LogP contribution in [-0.4, -0.2) is 48.6 Å². The maximum Gasteiger partial charge on any atom is 0.237 e. The molecule has 2 heterocycles. The number of carbonyl (C=O) groups is 1. The van der Waals surface area contributed by atoms with Gasteiger partial charge in [0.2, 0.25) is 5.91 Å². The number of amides is 1. The normalized spacial score (nSPS) is 33.4. The van der Waals surface area contributed by atoms with Crippen LogP contribution in [0.5, 0.6) is 0 Å². The van der Waals surface area contributed by atoms with Crippen LogP contribution in [0.3, 0.4) is 0 Å². The lowest BCUT2D eigenvalue weighted by atomic mass is 9.84. The third-order valence-electron chi connectivity index (χ3n) is 4.62. The summed E-state index contributed by atoms with van der Waals surface area (Å²) in [5, 5.41) is 6.40. The Hall–Kier alpha value is -0.610. The number of hydrogen-bond donors (Lipinski definition) is 2. The van der Waals surface area contributed by atoms with Crippen LogP contribution in [0.1, 0.15) is 27.7 Å². The van der Waals surface area contributed by atoms with E-state index in [2.05, 4.69) is 29.4 Å². The fraction of sp³-hybridized carbons (Fsp3) is 0.923. The molecule has 4 heteroatoms. The molecule has 17 heavy (non-hydrogen) atoms. The second kappa shape index (κ2) is 4.58. The molecule has 0 radical (unpaired) electrons. The fourth-order valence-corrected chi connectivity index (χ4v) is 3.57. The van der Waals surface area contributed by atoms with E-state index in [1.165, 1.54) is 0 Å². The first-order valence-corrected chi connectivity index (χ1v) is 6.73. The fourth-order valence-electron chi connectivity index (χ4n) is 3.57. The van der Waals surface area contributed by atoms with Gasteiger partial charge in [-0.05, 0) is 46.1 Å². The van der Waals surface area contributed by atoms with Crippen molar-refractivity contribution in [3.63, 3.8) is 0 Å². The van der Waals surface area contributed by atoms with Crippen molar-refractivity contribution in [2.45, 2.75) is 39.3 Å². The van der Waals surface area contributed by atoms with Gasteiger partial charge in [0.05, 0.1) is 6.04 Å². The third kappa shape index (κ3) is 2.08. The molecule has 2 rings (SSSR count). The Morgan fingerprint density at radius 2 is 2.24 bits per heavy atom. The zero-order valence-corrected chi connectivity index (χ0v) is 11.4. The Kier molecular flexibility index (Phi) is 3.46. The highest BCUT2D eigenvalue weighted by atomic mass is 16.2. The maximum atomic E-state index is 12.0. The van der Waals surface area contributed by atoms with Gasteiger partial charge in [-0.1, -0.05) is 0 Å². The number of nitrogens with one attached hydrogen (secondary N) is 2. The third-order valence-corrected chi connectivity index (χ3v) is 4.62. The number of hydrogen-bond acceptors (Lipinski definition) is 3. The molecule has 2 fully saturated rings. The number of likely N-dealkylation sites (N-methyl/N-ethyl adjacent to an activating group) is 1. The first kappa shape index (κ1) is 12.8. The first-order chi connectivity index (χ1) is 7.98. The largest absolute Gasteiger partial charge is 0.355 e. The molecule has 0 saturated carbocycles. The van der Waals surface area contributed by atoms with Crippen molar-refractivity contribution in [2.24, 2.45) is 11.8 Å². The van der Waals surface area contributed by atoms with Crippen LogP contribution in [0, 0.1) is 11.8 Å². The predicted molar refractivity (Wildman–Crippen MR) is 68.8 cm³/mol. The summed E-state index contributed by atoms with van der Waals surface area (Å²) in [7, 11) is 0. The van der Waals surface area contributed by atoms with Gasteiger partial charge in [0.15, 0.2) is 0 Å². The molecule has 0 bridgehead atoms. The van der Waals surface area contributed by atoms with Crippen LogP contribution in [0.25, 0.3) is 0 Å². The van der Waals surface area contributed by atoms with Gasteiger partial charge in [-0.2, -0.15) is 0 Å². The molecule has 0 spiro atoms. The second-order valence-corrected chi connectivity index (χ2v) is 5.90. The molecule has 0 aromatic rings. The second-order valence-electron chi connectivity index (χ2n) is 5.90. The minimum absolute atomic E-state index is 0.0180. The Balaban J connectivity index is 2.09. The lowest BCUT2D eigenvalue weighted by Gasteiger charge is -2.39. The molecule has 2 saturated heterocycles. The lowest BCUT2D eigenvalue weighted by molar-refractivity contribution is -0.127. The Morgan fingerprint density at radius 1 is 1.53 bits per heavy atom. The van der Waals surface area contributed by atoms with Crippen molar-refractivity contribution in [3.05, 3.63) is 0 Å². The predicted octanol–water partition coefficient (Wildman–Crippen LogP) is 0.441. The van der Waals surface area contributed by atoms with Crippen molar-refractivity contribution in [1.82, 2.24) is 15.5 Å². The summed E-state index contributed by atoms with van der Waals surface area (Å²) >= 11 is 0. The molecule has 98 valence electrons. The zero-order chi connectivity index (χ0) is 12.6. The summed E-state index contributed by atoms with van der Waals surface area (Å²) in [6, 6.07) is -0.0180. The van der Waals surface area contributed by atoms with Crippen LogP contribution in [0.4, 0.5) is 0 Å². The summed E-state index contributed by atoms with van der Waals surface area (Å²) in [4.78, 5) is 14.4. The Bertz CT molecular complexity index is 303. The molecule has 0 aliphatic carbocycles. The van der Waals surface area contributed by atoms with Gasteiger partial charge < -0.3 is 10.6 Å². The lowest BCUT2D eigenvalue weighted by Crippen LogP contribution is -2.53. The molecule has 2 aliphatic heterocycles. The smallest absolute Gasteiger partial charge is 0.237 e. The summed E-state index contributed by atoms with van der Waals surface area (Å²) < 4.78 is 0. The van der Waals surface area contributed by atoms with E-state index in [9.17, 15) is 4.79 Å². The van der Waals surface area contributed by atoms with Gasteiger partial charge in [-0.3, -0.25) is 9.69 Å². The average molecular weight is 239 g/mol. The molecule has 1 amide bonds. The van der Waals surface area contributed by atoms with E-state index in [0.29, 0.717) is 18.4 Å². The number of fused-ring (bicyclic) bond motifs is 1. The highest BCUT2D eigenvalue weighted by molar-refractivity contribution is 5.81. The topological polar surface area (TPSA) is 44.4 Å². The Morgan fingerprint density at radius 3 is 2.82 bits per heavy atom. The number of nitrogens with zero attached hydrogens (tertiary/aromatic N) is 1. The van der Waals surface area contributed by atoms with Gasteiger partial charge in [-0.15, -0.1) is 0 Å². The Labute approximate surface area is 104 Å². The van der Waals surface area contributed by atoms with Crippen molar-refractivity contribution in [2.75, 3.05) is 26.2 Å². The number of carbonyl (C=O) groups excluding carboxylic acids is 1. The van der Waals surface area contributed by atoms with Crippen LogP contribution < -0.4 is 10.6 Å². The molecule has 4 nitrogen and oxygen atoms in total. The molecular weight excluding hydrogens is 214 g/mol. The standard InChI is InChI=1S/C13H25N3O/c1-5-15-12(17)9(2)16-8-10-6-14-7-11(10)13(16,3)4/h9-11,14H,5-8H2,1-4H3,(H,15,17). The van der Waals surface area contributed by atoms with E-state index in [1.807, 2.05) is 13.8 Å². The molecular formula is C13H25N3O. The summed E-state index contributed by atoms with van der Waals surface area (Å²) in [6.07, 6.45) is 0. The van der Waals surface area contributed by atoms with Gasteiger partial charge in [-0.25, -0.2) is 0 Å².